The van der Waals surface area contributed by atoms with Gasteiger partial charge in [-0.25, -0.2) is 14.5 Å². The summed E-state index contributed by atoms with van der Waals surface area (Å²) >= 11 is 0. The number of rotatable bonds is 10. The first-order valence-corrected chi connectivity index (χ1v) is 11.3. The maximum Gasteiger partial charge on any atom is 0.337 e. The van der Waals surface area contributed by atoms with Crippen molar-refractivity contribution < 1.29 is 14.7 Å². The average Bonchev–Trinajstić information content (AvgIpc) is 3.26. The Labute approximate surface area is 198 Å². The molecule has 2 aromatic heterocycles. The van der Waals surface area contributed by atoms with Crippen molar-refractivity contribution in [1.29, 1.82) is 0 Å². The lowest BCUT2D eigenvalue weighted by molar-refractivity contribution is 0.0697. The molecular formula is C27H26N4O3. The molecule has 4 aromatic rings. The summed E-state index contributed by atoms with van der Waals surface area (Å²) in [4.78, 5) is 33.1. The molecule has 172 valence electrons. The fourth-order valence-electron chi connectivity index (χ4n) is 3.75. The number of benzene rings is 2. The van der Waals surface area contributed by atoms with E-state index >= 15 is 0 Å². The normalized spacial score (nSPS) is 10.9. The van der Waals surface area contributed by atoms with Gasteiger partial charge in [0.25, 0.3) is 0 Å². The van der Waals surface area contributed by atoms with Crippen LogP contribution in [0.4, 0.5) is 0 Å². The number of aromatic nitrogens is 4. The Morgan fingerprint density at radius 3 is 2.41 bits per heavy atom. The molecule has 0 bridgehead atoms. The van der Waals surface area contributed by atoms with Crippen LogP contribution in [0.5, 0.6) is 0 Å². The molecule has 0 amide bonds. The number of nitrogens with zero attached hydrogens (tertiary/aromatic N) is 4. The molecule has 0 saturated heterocycles. The highest BCUT2D eigenvalue weighted by atomic mass is 16.4. The summed E-state index contributed by atoms with van der Waals surface area (Å²) in [7, 11) is 0. The predicted molar refractivity (Wildman–Crippen MR) is 129 cm³/mol. The number of pyridine rings is 1. The second-order valence-corrected chi connectivity index (χ2v) is 8.10. The van der Waals surface area contributed by atoms with E-state index in [1.54, 1.807) is 23.0 Å². The smallest absolute Gasteiger partial charge is 0.337 e. The van der Waals surface area contributed by atoms with Crippen molar-refractivity contribution in [2.24, 2.45) is 0 Å². The minimum absolute atomic E-state index is 0.102. The van der Waals surface area contributed by atoms with Crippen LogP contribution >= 0.6 is 0 Å². The van der Waals surface area contributed by atoms with Crippen LogP contribution in [-0.2, 0) is 19.4 Å². The minimum atomic E-state index is -1.01. The average molecular weight is 455 g/mol. The van der Waals surface area contributed by atoms with E-state index in [0.717, 1.165) is 41.8 Å². The van der Waals surface area contributed by atoms with E-state index in [9.17, 15) is 14.7 Å². The van der Waals surface area contributed by atoms with Gasteiger partial charge in [-0.2, -0.15) is 0 Å². The van der Waals surface area contributed by atoms with Crippen molar-refractivity contribution in [1.82, 2.24) is 19.7 Å². The summed E-state index contributed by atoms with van der Waals surface area (Å²) in [6.07, 6.45) is 4.57. The van der Waals surface area contributed by atoms with Gasteiger partial charge < -0.3 is 5.11 Å². The lowest BCUT2D eigenvalue weighted by Crippen LogP contribution is -2.09. The summed E-state index contributed by atoms with van der Waals surface area (Å²) in [6.45, 7) is 2.59. The Hall–Kier alpha value is -4.13. The van der Waals surface area contributed by atoms with Gasteiger partial charge in [-0.15, -0.1) is 5.10 Å². The van der Waals surface area contributed by atoms with Gasteiger partial charge in [-0.1, -0.05) is 67.9 Å². The molecule has 2 aromatic carbocycles. The van der Waals surface area contributed by atoms with Gasteiger partial charge in [0.05, 0.1) is 17.8 Å². The molecule has 0 fully saturated rings. The van der Waals surface area contributed by atoms with Crippen LogP contribution < -0.4 is 0 Å². The molecule has 0 atom stereocenters. The first kappa shape index (κ1) is 23.0. The molecule has 0 aliphatic heterocycles. The standard InChI is InChI=1S/C27H26N4O3/c1-2-3-11-24-29-26(23(32)17-19-8-5-4-6-9-19)30-31(24)18-20-12-14-21(15-13-20)25-22(27(33)34)10-7-16-28-25/h4-10,12-16H,2-3,11,17-18H2,1H3,(H,33,34). The zero-order chi connectivity index (χ0) is 23.9. The van der Waals surface area contributed by atoms with Gasteiger partial charge >= 0.3 is 5.97 Å². The Morgan fingerprint density at radius 1 is 0.941 bits per heavy atom. The summed E-state index contributed by atoms with van der Waals surface area (Å²) in [5.41, 5.74) is 3.23. The van der Waals surface area contributed by atoms with Crippen molar-refractivity contribution in [2.75, 3.05) is 0 Å². The number of carboxylic acids is 1. The van der Waals surface area contributed by atoms with E-state index in [2.05, 4.69) is 22.0 Å². The maximum absolute atomic E-state index is 12.8. The molecule has 0 spiro atoms. The van der Waals surface area contributed by atoms with Crippen LogP contribution in [0.3, 0.4) is 0 Å². The molecule has 0 saturated carbocycles. The molecule has 0 unspecified atom stereocenters. The number of ketones is 1. The molecule has 0 aliphatic rings. The Balaban J connectivity index is 1.55. The highest BCUT2D eigenvalue weighted by Crippen LogP contribution is 2.22. The van der Waals surface area contributed by atoms with E-state index in [0.29, 0.717) is 12.2 Å². The number of carbonyl (C=O) groups is 2. The SMILES string of the molecule is CCCCc1nc(C(=O)Cc2ccccc2)nn1Cc1ccc(-c2ncccc2C(=O)O)cc1. The topological polar surface area (TPSA) is 98.0 Å². The van der Waals surface area contributed by atoms with Gasteiger partial charge in [0.15, 0.2) is 0 Å². The largest absolute Gasteiger partial charge is 0.478 e. The van der Waals surface area contributed by atoms with E-state index < -0.39 is 5.97 Å². The molecule has 0 radical (unpaired) electrons. The van der Waals surface area contributed by atoms with Gasteiger partial charge in [-0.3, -0.25) is 9.78 Å². The second kappa shape index (κ2) is 10.7. The summed E-state index contributed by atoms with van der Waals surface area (Å²) in [5.74, 6) is -0.0798. The quantitative estimate of drug-likeness (QED) is 0.344. The number of carbonyl (C=O) groups excluding carboxylic acids is 1. The number of aromatic carboxylic acids is 1. The highest BCUT2D eigenvalue weighted by Gasteiger charge is 2.17. The lowest BCUT2D eigenvalue weighted by Gasteiger charge is -2.08. The van der Waals surface area contributed by atoms with Crippen LogP contribution in [0.15, 0.2) is 72.9 Å². The van der Waals surface area contributed by atoms with Gasteiger partial charge in [0.2, 0.25) is 11.6 Å². The predicted octanol–water partition coefficient (Wildman–Crippen LogP) is 4.85. The molecule has 4 rings (SSSR count). The Morgan fingerprint density at radius 2 is 1.71 bits per heavy atom. The number of hydrogen-bond donors (Lipinski definition) is 1. The summed E-state index contributed by atoms with van der Waals surface area (Å²) in [6, 6.07) is 20.3. The van der Waals surface area contributed by atoms with Gasteiger partial charge in [-0.05, 0) is 29.7 Å². The monoisotopic (exact) mass is 454 g/mol. The molecule has 7 nitrogen and oxygen atoms in total. The molecule has 0 aliphatic carbocycles. The first-order valence-electron chi connectivity index (χ1n) is 11.3. The van der Waals surface area contributed by atoms with E-state index in [1.807, 2.05) is 54.6 Å². The van der Waals surface area contributed by atoms with E-state index in [4.69, 9.17) is 0 Å². The van der Waals surface area contributed by atoms with Crippen LogP contribution in [0.1, 0.15) is 57.7 Å². The fourth-order valence-corrected chi connectivity index (χ4v) is 3.75. The molecule has 34 heavy (non-hydrogen) atoms. The molecular weight excluding hydrogens is 428 g/mol. The van der Waals surface area contributed by atoms with E-state index in [-0.39, 0.29) is 23.6 Å². The Bertz CT molecular complexity index is 1280. The van der Waals surface area contributed by atoms with Gasteiger partial charge in [0, 0.05) is 24.6 Å². The van der Waals surface area contributed by atoms with Crippen LogP contribution in [0.25, 0.3) is 11.3 Å². The number of unbranched alkanes of at least 4 members (excludes halogenated alkanes) is 1. The van der Waals surface area contributed by atoms with Gasteiger partial charge in [0.1, 0.15) is 5.82 Å². The number of aryl methyl sites for hydroxylation is 1. The maximum atomic E-state index is 12.8. The minimum Gasteiger partial charge on any atom is -0.478 e. The van der Waals surface area contributed by atoms with Crippen molar-refractivity contribution in [3.8, 4) is 11.3 Å². The first-order chi connectivity index (χ1) is 16.5. The van der Waals surface area contributed by atoms with E-state index in [1.165, 1.54) is 0 Å². The van der Waals surface area contributed by atoms with Crippen molar-refractivity contribution >= 4 is 11.8 Å². The summed E-state index contributed by atoms with van der Waals surface area (Å²) < 4.78 is 1.80. The van der Waals surface area contributed by atoms with Crippen molar-refractivity contribution in [2.45, 2.75) is 39.2 Å². The zero-order valence-electron chi connectivity index (χ0n) is 19.0. The fraction of sp³-hybridized carbons (Fsp3) is 0.222. The van der Waals surface area contributed by atoms with Crippen molar-refractivity contribution in [3.63, 3.8) is 0 Å². The van der Waals surface area contributed by atoms with Crippen LogP contribution in [0.2, 0.25) is 0 Å². The third-order valence-corrected chi connectivity index (χ3v) is 5.56. The zero-order valence-corrected chi connectivity index (χ0v) is 19.0. The lowest BCUT2D eigenvalue weighted by atomic mass is 10.0. The third-order valence-electron chi connectivity index (χ3n) is 5.56. The number of hydrogen-bond acceptors (Lipinski definition) is 5. The second-order valence-electron chi connectivity index (χ2n) is 8.10. The van der Waals surface area contributed by atoms with Crippen molar-refractivity contribution in [3.05, 3.63) is 101 Å². The molecule has 7 heteroatoms. The number of Topliss-reactive ketones (excluding diaryl/α,β-unsaturated/α-hetero) is 1. The number of carboxylic acid groups (broad SMARTS) is 1. The van der Waals surface area contributed by atoms with Crippen LogP contribution in [0, 0.1) is 0 Å². The Kier molecular flexibility index (Phi) is 7.22. The molecule has 2 heterocycles. The summed E-state index contributed by atoms with van der Waals surface area (Å²) in [5, 5.41) is 14.0. The molecule has 1 N–H and O–H groups in total. The third kappa shape index (κ3) is 5.43. The highest BCUT2D eigenvalue weighted by molar-refractivity contribution is 5.95. The van der Waals surface area contributed by atoms with Crippen LogP contribution in [-0.4, -0.2) is 36.6 Å².